The Kier molecular flexibility index (Phi) is 5.92. The normalized spacial score (nSPS) is 24.9. The van der Waals surface area contributed by atoms with Crippen molar-refractivity contribution in [3.8, 4) is 0 Å². The van der Waals surface area contributed by atoms with Crippen LogP contribution in [0.1, 0.15) is 24.8 Å². The van der Waals surface area contributed by atoms with E-state index in [0.717, 1.165) is 5.56 Å². The molecule has 0 heterocycles. The number of hydrogen-bond donors (Lipinski definition) is 3. The van der Waals surface area contributed by atoms with E-state index in [-0.39, 0.29) is 31.8 Å². The molecule has 1 aromatic carbocycles. The smallest absolute Gasteiger partial charge is 0.408 e. The summed E-state index contributed by atoms with van der Waals surface area (Å²) >= 11 is 0. The molecule has 6 nitrogen and oxygen atoms in total. The third kappa shape index (κ3) is 5.21. The Bertz CT molecular complexity index is 529. The Morgan fingerprint density at radius 1 is 1.30 bits per heavy atom. The summed E-state index contributed by atoms with van der Waals surface area (Å²) in [6.07, 6.45) is -2.86. The molecule has 0 aliphatic heterocycles. The topological polar surface area (TPSA) is 95.9 Å². The molecule has 1 aromatic rings. The number of ether oxygens (including phenoxy) is 1. The van der Waals surface area contributed by atoms with E-state index in [0.29, 0.717) is 0 Å². The van der Waals surface area contributed by atoms with Gasteiger partial charge < -0.3 is 20.3 Å². The van der Waals surface area contributed by atoms with Gasteiger partial charge in [-0.3, -0.25) is 0 Å². The van der Waals surface area contributed by atoms with Crippen molar-refractivity contribution in [1.29, 1.82) is 0 Å². The molecule has 0 aromatic heterocycles. The molecule has 0 bridgehead atoms. The van der Waals surface area contributed by atoms with Gasteiger partial charge in [0.15, 0.2) is 0 Å². The monoisotopic (exact) mass is 325 g/mol. The second kappa shape index (κ2) is 7.92. The molecular formula is C16H20FNO5. The number of aliphatic hydroxyl groups is 1. The standard InChI is InChI=1S/C16H20FNO5/c17-12-6-11(8-14(12)19)7-13(15(20)21)18-16(22)23-9-10-4-2-1-3-5-10/h1-5,11-14,19H,6-9H2,(H,18,22)(H,20,21)/t11-,12-,13?,14-/m1/s1. The predicted octanol–water partition coefficient (Wildman–Crippen LogP) is 1.87. The Labute approximate surface area is 133 Å². The highest BCUT2D eigenvalue weighted by Gasteiger charge is 2.36. The molecule has 1 fully saturated rings. The zero-order valence-electron chi connectivity index (χ0n) is 12.5. The summed E-state index contributed by atoms with van der Waals surface area (Å²) in [7, 11) is 0. The zero-order chi connectivity index (χ0) is 16.8. The van der Waals surface area contributed by atoms with E-state index in [1.54, 1.807) is 24.3 Å². The molecule has 1 aliphatic rings. The predicted molar refractivity (Wildman–Crippen MR) is 79.4 cm³/mol. The summed E-state index contributed by atoms with van der Waals surface area (Å²) in [5.74, 6) is -1.49. The van der Waals surface area contributed by atoms with Gasteiger partial charge in [0.05, 0.1) is 6.10 Å². The maximum atomic E-state index is 13.3. The van der Waals surface area contributed by atoms with Crippen molar-refractivity contribution in [2.24, 2.45) is 5.92 Å². The molecule has 1 unspecified atom stereocenters. The molecule has 1 amide bonds. The van der Waals surface area contributed by atoms with E-state index in [4.69, 9.17) is 4.74 Å². The summed E-state index contributed by atoms with van der Waals surface area (Å²) in [5, 5.41) is 20.8. The molecule has 4 atom stereocenters. The Hall–Kier alpha value is -2.15. The van der Waals surface area contributed by atoms with Crippen molar-refractivity contribution in [2.45, 2.75) is 44.2 Å². The van der Waals surface area contributed by atoms with Crippen LogP contribution in [0.4, 0.5) is 9.18 Å². The lowest BCUT2D eigenvalue weighted by Crippen LogP contribution is -2.42. The molecule has 0 saturated heterocycles. The van der Waals surface area contributed by atoms with Crippen molar-refractivity contribution >= 4 is 12.1 Å². The molecule has 2 rings (SSSR count). The third-order valence-corrected chi connectivity index (χ3v) is 3.92. The maximum absolute atomic E-state index is 13.3. The number of aliphatic carboxylic acids is 1. The van der Waals surface area contributed by atoms with Crippen LogP contribution in [0, 0.1) is 5.92 Å². The summed E-state index contributed by atoms with van der Waals surface area (Å²) in [5.41, 5.74) is 0.786. The lowest BCUT2D eigenvalue weighted by Gasteiger charge is -2.18. The Morgan fingerprint density at radius 2 is 2.00 bits per heavy atom. The first-order valence-electron chi connectivity index (χ1n) is 7.48. The van der Waals surface area contributed by atoms with Crippen LogP contribution >= 0.6 is 0 Å². The highest BCUT2D eigenvalue weighted by Crippen LogP contribution is 2.31. The summed E-state index contributed by atoms with van der Waals surface area (Å²) in [6, 6.07) is 7.83. The van der Waals surface area contributed by atoms with Gasteiger partial charge in [-0.25, -0.2) is 14.0 Å². The average molecular weight is 325 g/mol. The second-order valence-electron chi connectivity index (χ2n) is 5.75. The SMILES string of the molecule is O=C(NC(C[C@@H]1C[C@@H](O)[C@H](F)C1)C(=O)O)OCc1ccccc1. The van der Waals surface area contributed by atoms with E-state index in [1.165, 1.54) is 0 Å². The van der Waals surface area contributed by atoms with Gasteiger partial charge in [0.2, 0.25) is 0 Å². The minimum absolute atomic E-state index is 0.0354. The van der Waals surface area contributed by atoms with Gasteiger partial charge in [0.25, 0.3) is 0 Å². The first-order valence-corrected chi connectivity index (χ1v) is 7.48. The number of alkyl carbamates (subject to hydrolysis) is 1. The Morgan fingerprint density at radius 3 is 2.57 bits per heavy atom. The number of hydrogen-bond acceptors (Lipinski definition) is 4. The number of aliphatic hydroxyl groups excluding tert-OH is 1. The van der Waals surface area contributed by atoms with Crippen LogP contribution in [-0.4, -0.2) is 40.6 Å². The van der Waals surface area contributed by atoms with Gasteiger partial charge >= 0.3 is 12.1 Å². The molecule has 126 valence electrons. The van der Waals surface area contributed by atoms with Gasteiger partial charge in [-0.05, 0) is 30.7 Å². The minimum atomic E-state index is -1.33. The van der Waals surface area contributed by atoms with Crippen LogP contribution in [0.5, 0.6) is 0 Å². The number of benzene rings is 1. The fourth-order valence-corrected chi connectivity index (χ4v) is 2.72. The third-order valence-electron chi connectivity index (χ3n) is 3.92. The Balaban J connectivity index is 1.82. The number of rotatable bonds is 6. The van der Waals surface area contributed by atoms with Gasteiger partial charge in [-0.15, -0.1) is 0 Å². The second-order valence-corrected chi connectivity index (χ2v) is 5.75. The quantitative estimate of drug-likeness (QED) is 0.742. The summed E-state index contributed by atoms with van der Waals surface area (Å²) in [4.78, 5) is 22.9. The van der Waals surface area contributed by atoms with Crippen molar-refractivity contribution in [1.82, 2.24) is 5.32 Å². The van der Waals surface area contributed by atoms with Crippen LogP contribution < -0.4 is 5.32 Å². The maximum Gasteiger partial charge on any atom is 0.408 e. The number of halogens is 1. The fourth-order valence-electron chi connectivity index (χ4n) is 2.72. The number of carboxylic acid groups (broad SMARTS) is 1. The van der Waals surface area contributed by atoms with E-state index in [1.807, 2.05) is 6.07 Å². The average Bonchev–Trinajstić information content (AvgIpc) is 2.83. The molecule has 3 N–H and O–H groups in total. The number of nitrogens with one attached hydrogen (secondary N) is 1. The number of carboxylic acids is 1. The first kappa shape index (κ1) is 17.2. The van der Waals surface area contributed by atoms with Crippen molar-refractivity contribution < 1.29 is 28.9 Å². The van der Waals surface area contributed by atoms with E-state index < -0.39 is 30.4 Å². The lowest BCUT2D eigenvalue weighted by molar-refractivity contribution is -0.139. The van der Waals surface area contributed by atoms with E-state index in [2.05, 4.69) is 5.32 Å². The van der Waals surface area contributed by atoms with Crippen molar-refractivity contribution in [2.75, 3.05) is 0 Å². The van der Waals surface area contributed by atoms with Crippen molar-refractivity contribution in [3.63, 3.8) is 0 Å². The highest BCUT2D eigenvalue weighted by atomic mass is 19.1. The summed E-state index contributed by atoms with van der Waals surface area (Å²) in [6.45, 7) is 0.0354. The molecule has 23 heavy (non-hydrogen) atoms. The number of carbonyl (C=O) groups is 2. The minimum Gasteiger partial charge on any atom is -0.480 e. The highest BCUT2D eigenvalue weighted by molar-refractivity contribution is 5.79. The first-order chi connectivity index (χ1) is 11.0. The molecule has 0 spiro atoms. The lowest BCUT2D eigenvalue weighted by atomic mass is 9.98. The van der Waals surface area contributed by atoms with Gasteiger partial charge in [0, 0.05) is 0 Å². The van der Waals surface area contributed by atoms with E-state index in [9.17, 15) is 24.2 Å². The molecule has 1 aliphatic carbocycles. The largest absolute Gasteiger partial charge is 0.480 e. The number of amides is 1. The van der Waals surface area contributed by atoms with Gasteiger partial charge in [-0.1, -0.05) is 30.3 Å². The molecular weight excluding hydrogens is 305 g/mol. The fraction of sp³-hybridized carbons (Fsp3) is 0.500. The van der Waals surface area contributed by atoms with Crippen molar-refractivity contribution in [3.05, 3.63) is 35.9 Å². The van der Waals surface area contributed by atoms with E-state index >= 15 is 0 Å². The number of carbonyl (C=O) groups excluding carboxylic acids is 1. The van der Waals surface area contributed by atoms with Gasteiger partial charge in [-0.2, -0.15) is 0 Å². The summed E-state index contributed by atoms with van der Waals surface area (Å²) < 4.78 is 18.3. The van der Waals surface area contributed by atoms with Gasteiger partial charge in [0.1, 0.15) is 18.8 Å². The molecule has 1 saturated carbocycles. The molecule has 7 heteroatoms. The molecule has 0 radical (unpaired) electrons. The number of alkyl halides is 1. The van der Waals surface area contributed by atoms with Crippen LogP contribution in [-0.2, 0) is 16.1 Å². The van der Waals surface area contributed by atoms with Crippen LogP contribution in [0.2, 0.25) is 0 Å². The van der Waals surface area contributed by atoms with Crippen LogP contribution in [0.3, 0.4) is 0 Å². The van der Waals surface area contributed by atoms with Crippen LogP contribution in [0.15, 0.2) is 30.3 Å². The van der Waals surface area contributed by atoms with Crippen LogP contribution in [0.25, 0.3) is 0 Å². The zero-order valence-corrected chi connectivity index (χ0v) is 12.5.